The van der Waals surface area contributed by atoms with Gasteiger partial charge >= 0.3 is 6.18 Å². The lowest BCUT2D eigenvalue weighted by molar-refractivity contribution is -0.141. The molecular formula is C10H10ClF3N2O2. The molecule has 2 heterocycles. The monoisotopic (exact) mass is 282 g/mol. The fourth-order valence-electron chi connectivity index (χ4n) is 1.57. The van der Waals surface area contributed by atoms with Gasteiger partial charge in [0.1, 0.15) is 6.61 Å². The van der Waals surface area contributed by atoms with Crippen LogP contribution in [0.5, 0.6) is 5.88 Å². The van der Waals surface area contributed by atoms with Gasteiger partial charge in [0, 0.05) is 12.7 Å². The number of ether oxygens (including phenoxy) is 2. The van der Waals surface area contributed by atoms with E-state index >= 15 is 0 Å². The molecule has 1 fully saturated rings. The van der Waals surface area contributed by atoms with Crippen LogP contribution in [-0.2, 0) is 10.9 Å². The van der Waals surface area contributed by atoms with E-state index in [1.807, 2.05) is 0 Å². The van der Waals surface area contributed by atoms with Crippen LogP contribution in [0.4, 0.5) is 13.2 Å². The summed E-state index contributed by atoms with van der Waals surface area (Å²) in [5.74, 6) is -0.196. The van der Waals surface area contributed by atoms with Crippen molar-refractivity contribution in [2.45, 2.75) is 25.1 Å². The minimum Gasteiger partial charge on any atom is -0.475 e. The fourth-order valence-corrected chi connectivity index (χ4v) is 1.74. The van der Waals surface area contributed by atoms with Crippen molar-refractivity contribution in [3.05, 3.63) is 17.0 Å². The smallest absolute Gasteiger partial charge is 0.433 e. The summed E-state index contributed by atoms with van der Waals surface area (Å²) in [5, 5.41) is -0.493. The Morgan fingerprint density at radius 2 is 2.22 bits per heavy atom. The molecule has 8 heteroatoms. The summed E-state index contributed by atoms with van der Waals surface area (Å²) < 4.78 is 47.8. The molecule has 1 aromatic heterocycles. The van der Waals surface area contributed by atoms with Gasteiger partial charge in [-0.2, -0.15) is 18.2 Å². The summed E-state index contributed by atoms with van der Waals surface area (Å²) in [6.45, 7) is 0.803. The van der Waals surface area contributed by atoms with Crippen LogP contribution in [0.2, 0.25) is 5.28 Å². The van der Waals surface area contributed by atoms with Crippen LogP contribution in [0.15, 0.2) is 6.07 Å². The van der Waals surface area contributed by atoms with E-state index in [-0.39, 0.29) is 18.6 Å². The van der Waals surface area contributed by atoms with Crippen molar-refractivity contribution in [1.29, 1.82) is 0 Å². The predicted octanol–water partition coefficient (Wildman–Crippen LogP) is 2.71. The third-order valence-corrected chi connectivity index (χ3v) is 2.58. The fraction of sp³-hybridized carbons (Fsp3) is 0.600. The van der Waals surface area contributed by atoms with E-state index in [0.717, 1.165) is 18.9 Å². The Bertz CT molecular complexity index is 422. The molecule has 1 aliphatic heterocycles. The minimum atomic E-state index is -4.57. The maximum absolute atomic E-state index is 12.5. The Morgan fingerprint density at radius 1 is 1.44 bits per heavy atom. The molecule has 0 aliphatic carbocycles. The summed E-state index contributed by atoms with van der Waals surface area (Å²) in [4.78, 5) is 6.69. The zero-order chi connectivity index (χ0) is 13.2. The number of nitrogens with zero attached hydrogens (tertiary/aromatic N) is 2. The standard InChI is InChI=1S/C10H10ClF3N2O2/c11-9-15-7(10(12,13)14)4-8(16-9)18-5-6-2-1-3-17-6/h4,6H,1-3,5H2. The van der Waals surface area contributed by atoms with Gasteiger partial charge in [-0.1, -0.05) is 0 Å². The van der Waals surface area contributed by atoms with Gasteiger partial charge in [0.2, 0.25) is 11.2 Å². The first-order valence-corrected chi connectivity index (χ1v) is 5.69. The average molecular weight is 283 g/mol. The zero-order valence-corrected chi connectivity index (χ0v) is 9.96. The molecule has 100 valence electrons. The maximum atomic E-state index is 12.5. The number of hydrogen-bond acceptors (Lipinski definition) is 4. The summed E-state index contributed by atoms with van der Waals surface area (Å²) in [5.41, 5.74) is -1.12. The number of halogens is 4. The minimum absolute atomic E-state index is 0.104. The molecule has 1 saturated heterocycles. The molecule has 0 amide bonds. The lowest BCUT2D eigenvalue weighted by Crippen LogP contribution is -2.17. The molecule has 4 nitrogen and oxygen atoms in total. The Morgan fingerprint density at radius 3 is 2.83 bits per heavy atom. The third-order valence-electron chi connectivity index (χ3n) is 2.41. The van der Waals surface area contributed by atoms with Crippen LogP contribution in [0.3, 0.4) is 0 Å². The molecule has 18 heavy (non-hydrogen) atoms. The van der Waals surface area contributed by atoms with Crippen LogP contribution >= 0.6 is 11.6 Å². The largest absolute Gasteiger partial charge is 0.475 e. The normalized spacial score (nSPS) is 20.1. The van der Waals surface area contributed by atoms with Crippen molar-refractivity contribution < 1.29 is 22.6 Å². The van der Waals surface area contributed by atoms with E-state index in [9.17, 15) is 13.2 Å². The molecule has 0 aromatic carbocycles. The third kappa shape index (κ3) is 3.46. The molecular weight excluding hydrogens is 273 g/mol. The molecule has 1 unspecified atom stereocenters. The molecule has 0 spiro atoms. The molecule has 0 bridgehead atoms. The van der Waals surface area contributed by atoms with E-state index in [2.05, 4.69) is 9.97 Å². The van der Waals surface area contributed by atoms with E-state index < -0.39 is 17.2 Å². The van der Waals surface area contributed by atoms with Gasteiger partial charge in [-0.05, 0) is 24.4 Å². The van der Waals surface area contributed by atoms with E-state index in [4.69, 9.17) is 21.1 Å². The van der Waals surface area contributed by atoms with E-state index in [1.165, 1.54) is 0 Å². The lowest BCUT2D eigenvalue weighted by Gasteiger charge is -2.12. The van der Waals surface area contributed by atoms with Crippen molar-refractivity contribution in [2.24, 2.45) is 0 Å². The van der Waals surface area contributed by atoms with E-state index in [0.29, 0.717) is 6.61 Å². The van der Waals surface area contributed by atoms with Crippen molar-refractivity contribution in [1.82, 2.24) is 9.97 Å². The van der Waals surface area contributed by atoms with Gasteiger partial charge < -0.3 is 9.47 Å². The van der Waals surface area contributed by atoms with Gasteiger partial charge in [-0.15, -0.1) is 0 Å². The van der Waals surface area contributed by atoms with Crippen LogP contribution in [0.1, 0.15) is 18.5 Å². The summed E-state index contributed by atoms with van der Waals surface area (Å²) in [7, 11) is 0. The van der Waals surface area contributed by atoms with Crippen LogP contribution in [0, 0.1) is 0 Å². The highest BCUT2D eigenvalue weighted by Gasteiger charge is 2.34. The van der Waals surface area contributed by atoms with Gasteiger partial charge in [0.15, 0.2) is 5.69 Å². The van der Waals surface area contributed by atoms with Crippen molar-refractivity contribution >= 4 is 11.6 Å². The van der Waals surface area contributed by atoms with Gasteiger partial charge in [0.05, 0.1) is 6.10 Å². The highest BCUT2D eigenvalue weighted by atomic mass is 35.5. The SMILES string of the molecule is FC(F)(F)c1cc(OCC2CCCO2)nc(Cl)n1. The summed E-state index contributed by atoms with van der Waals surface area (Å²) in [6, 6.07) is 0.723. The first-order chi connectivity index (χ1) is 8.45. The second-order valence-corrected chi connectivity index (χ2v) is 4.14. The first kappa shape index (κ1) is 13.4. The molecule has 1 atom stereocenters. The summed E-state index contributed by atoms with van der Waals surface area (Å²) in [6.07, 6.45) is -2.93. The van der Waals surface area contributed by atoms with Gasteiger partial charge in [0.25, 0.3) is 0 Å². The van der Waals surface area contributed by atoms with Gasteiger partial charge in [-0.3, -0.25) is 0 Å². The quantitative estimate of drug-likeness (QED) is 0.800. The number of alkyl halides is 3. The molecule has 0 saturated carbocycles. The van der Waals surface area contributed by atoms with Crippen molar-refractivity contribution in [2.75, 3.05) is 13.2 Å². The van der Waals surface area contributed by atoms with Crippen LogP contribution < -0.4 is 4.74 Å². The Kier molecular flexibility index (Phi) is 3.91. The molecule has 2 rings (SSSR count). The topological polar surface area (TPSA) is 44.2 Å². The average Bonchev–Trinajstić information content (AvgIpc) is 2.77. The molecule has 0 N–H and O–H groups in total. The highest BCUT2D eigenvalue weighted by molar-refractivity contribution is 6.28. The summed E-state index contributed by atoms with van der Waals surface area (Å²) >= 11 is 5.42. The Labute approximate surface area is 106 Å². The van der Waals surface area contributed by atoms with Crippen LogP contribution in [-0.4, -0.2) is 29.3 Å². The maximum Gasteiger partial charge on any atom is 0.433 e. The van der Waals surface area contributed by atoms with Crippen molar-refractivity contribution in [3.63, 3.8) is 0 Å². The second-order valence-electron chi connectivity index (χ2n) is 3.80. The second kappa shape index (κ2) is 5.27. The lowest BCUT2D eigenvalue weighted by atomic mass is 10.2. The zero-order valence-electron chi connectivity index (χ0n) is 9.21. The number of rotatable bonds is 3. The first-order valence-electron chi connectivity index (χ1n) is 5.31. The Balaban J connectivity index is 2.05. The Hall–Kier alpha value is -1.08. The number of aromatic nitrogens is 2. The highest BCUT2D eigenvalue weighted by Crippen LogP contribution is 2.30. The molecule has 0 radical (unpaired) electrons. The number of hydrogen-bond donors (Lipinski definition) is 0. The van der Waals surface area contributed by atoms with Crippen molar-refractivity contribution in [3.8, 4) is 5.88 Å². The predicted molar refractivity (Wildman–Crippen MR) is 56.5 cm³/mol. The van der Waals surface area contributed by atoms with Gasteiger partial charge in [-0.25, -0.2) is 4.98 Å². The molecule has 1 aliphatic rings. The van der Waals surface area contributed by atoms with E-state index in [1.54, 1.807) is 0 Å². The van der Waals surface area contributed by atoms with Crippen LogP contribution in [0.25, 0.3) is 0 Å². The molecule has 1 aromatic rings.